The Labute approximate surface area is 209 Å². The summed E-state index contributed by atoms with van der Waals surface area (Å²) in [5, 5.41) is 50.9. The molecule has 37 heavy (non-hydrogen) atoms. The third-order valence-corrected chi connectivity index (χ3v) is 6.79. The fourth-order valence-corrected chi connectivity index (χ4v) is 4.64. The number of halogens is 1. The van der Waals surface area contributed by atoms with Gasteiger partial charge in [-0.2, -0.15) is 0 Å². The number of carbonyl (C=O) groups is 2. The number of pyridine rings is 1. The quantitative estimate of drug-likeness (QED) is 0.269. The molecule has 0 radical (unpaired) electrons. The third-order valence-electron chi connectivity index (χ3n) is 6.79. The lowest BCUT2D eigenvalue weighted by atomic mass is 9.98. The van der Waals surface area contributed by atoms with Gasteiger partial charge in [0.2, 0.25) is 5.43 Å². The molecule has 2 aliphatic heterocycles. The van der Waals surface area contributed by atoms with E-state index in [-0.39, 0.29) is 37.3 Å². The first-order valence-corrected chi connectivity index (χ1v) is 11.8. The van der Waals surface area contributed by atoms with Gasteiger partial charge in [0.15, 0.2) is 6.23 Å². The number of carboxylic acids is 1. The molecular formula is C23H29FN4O9. The van der Waals surface area contributed by atoms with E-state index in [2.05, 4.69) is 5.32 Å². The maximum absolute atomic E-state index is 15.1. The van der Waals surface area contributed by atoms with E-state index in [0.29, 0.717) is 12.1 Å². The van der Waals surface area contributed by atoms with Crippen LogP contribution >= 0.6 is 0 Å². The van der Waals surface area contributed by atoms with Crippen LogP contribution in [0, 0.1) is 5.82 Å². The van der Waals surface area contributed by atoms with Crippen molar-refractivity contribution < 1.29 is 44.2 Å². The number of aryl methyl sites for hydroxylation is 1. The summed E-state index contributed by atoms with van der Waals surface area (Å²) in [5.41, 5.74) is -0.629. The number of aliphatic hydroxyl groups excluding tert-OH is 4. The predicted octanol–water partition coefficient (Wildman–Crippen LogP) is -1.51. The molecule has 2 amide bonds. The predicted molar refractivity (Wildman–Crippen MR) is 127 cm³/mol. The van der Waals surface area contributed by atoms with Crippen molar-refractivity contribution in [1.29, 1.82) is 0 Å². The van der Waals surface area contributed by atoms with Crippen LogP contribution in [-0.2, 0) is 11.3 Å². The lowest BCUT2D eigenvalue weighted by molar-refractivity contribution is -0.233. The summed E-state index contributed by atoms with van der Waals surface area (Å²) >= 11 is 0. The molecule has 2 aliphatic rings. The zero-order valence-corrected chi connectivity index (χ0v) is 20.0. The number of fused-ring (bicyclic) bond motifs is 1. The topological polar surface area (TPSA) is 185 Å². The number of carboxylic acid groups (broad SMARTS) is 1. The van der Waals surface area contributed by atoms with Gasteiger partial charge < -0.3 is 50.0 Å². The Hall–Kier alpha value is -3.30. The summed E-state index contributed by atoms with van der Waals surface area (Å²) in [6.07, 6.45) is -6.09. The minimum absolute atomic E-state index is 0.0412. The Morgan fingerprint density at radius 1 is 1.11 bits per heavy atom. The van der Waals surface area contributed by atoms with Gasteiger partial charge in [-0.1, -0.05) is 0 Å². The van der Waals surface area contributed by atoms with Gasteiger partial charge in [-0.05, 0) is 19.1 Å². The van der Waals surface area contributed by atoms with Crippen LogP contribution in [0.4, 0.5) is 14.9 Å². The Morgan fingerprint density at radius 2 is 1.78 bits per heavy atom. The summed E-state index contributed by atoms with van der Waals surface area (Å²) in [7, 11) is 0. The molecule has 0 saturated carbocycles. The molecule has 0 bridgehead atoms. The number of aromatic carboxylic acids is 1. The molecule has 5 atom stereocenters. The smallest absolute Gasteiger partial charge is 0.341 e. The van der Waals surface area contributed by atoms with Gasteiger partial charge in [-0.25, -0.2) is 14.0 Å². The molecule has 13 nitrogen and oxygen atoms in total. The largest absolute Gasteiger partial charge is 0.477 e. The number of piperazine rings is 1. The first-order chi connectivity index (χ1) is 17.6. The van der Waals surface area contributed by atoms with Gasteiger partial charge in [-0.3, -0.25) is 4.79 Å². The molecule has 2 saturated heterocycles. The molecule has 1 aromatic carbocycles. The van der Waals surface area contributed by atoms with Gasteiger partial charge in [0, 0.05) is 44.3 Å². The van der Waals surface area contributed by atoms with Gasteiger partial charge in [-0.15, -0.1) is 0 Å². The number of carbonyl (C=O) groups excluding carboxylic acids is 1. The van der Waals surface area contributed by atoms with Crippen molar-refractivity contribution in [2.75, 3.05) is 37.7 Å². The van der Waals surface area contributed by atoms with E-state index in [1.807, 2.05) is 0 Å². The van der Waals surface area contributed by atoms with E-state index in [1.54, 1.807) is 16.4 Å². The minimum atomic E-state index is -1.63. The molecule has 0 aliphatic carbocycles. The molecule has 1 aromatic heterocycles. The van der Waals surface area contributed by atoms with Crippen LogP contribution in [0.25, 0.3) is 10.9 Å². The molecule has 2 fully saturated rings. The second-order valence-corrected chi connectivity index (χ2v) is 8.96. The Kier molecular flexibility index (Phi) is 7.66. The summed E-state index contributed by atoms with van der Waals surface area (Å²) in [6.45, 7) is 2.29. The van der Waals surface area contributed by atoms with Crippen molar-refractivity contribution in [2.45, 2.75) is 44.1 Å². The number of urea groups is 1. The number of ether oxygens (including phenoxy) is 1. The van der Waals surface area contributed by atoms with Crippen LogP contribution in [0.3, 0.4) is 0 Å². The highest BCUT2D eigenvalue weighted by Crippen LogP contribution is 2.27. The van der Waals surface area contributed by atoms with Crippen molar-refractivity contribution in [3.63, 3.8) is 0 Å². The van der Waals surface area contributed by atoms with E-state index in [4.69, 9.17) is 4.74 Å². The fraction of sp³-hybridized carbons (Fsp3) is 0.522. The van der Waals surface area contributed by atoms with Crippen LogP contribution in [0.15, 0.2) is 23.1 Å². The van der Waals surface area contributed by atoms with Gasteiger partial charge in [0.25, 0.3) is 0 Å². The van der Waals surface area contributed by atoms with E-state index in [9.17, 15) is 39.9 Å². The second kappa shape index (κ2) is 10.6. The third kappa shape index (κ3) is 4.98. The molecular weight excluding hydrogens is 495 g/mol. The summed E-state index contributed by atoms with van der Waals surface area (Å²) < 4.78 is 21.9. The maximum Gasteiger partial charge on any atom is 0.341 e. The monoisotopic (exact) mass is 524 g/mol. The SMILES string of the molecule is CCn1cc(C(=O)O)c(=O)c2cc(F)c(N3CCN(C(=O)N[C@@H]4O[C@H](CO)[C@@H](O)[C@H](O)[C@H]4O)CC3)cc21. The van der Waals surface area contributed by atoms with Crippen LogP contribution in [0.2, 0.25) is 0 Å². The van der Waals surface area contributed by atoms with Crippen molar-refractivity contribution in [3.8, 4) is 0 Å². The number of hydrogen-bond donors (Lipinski definition) is 6. The Bertz CT molecular complexity index is 1240. The average molecular weight is 525 g/mol. The van der Waals surface area contributed by atoms with Crippen LogP contribution in [0.1, 0.15) is 17.3 Å². The number of nitrogens with one attached hydrogen (secondary N) is 1. The van der Waals surface area contributed by atoms with E-state index in [1.165, 1.54) is 17.2 Å². The highest BCUT2D eigenvalue weighted by atomic mass is 19.1. The summed E-state index contributed by atoms with van der Waals surface area (Å²) in [4.78, 5) is 39.8. The number of aromatic nitrogens is 1. The van der Waals surface area contributed by atoms with Crippen LogP contribution in [0.5, 0.6) is 0 Å². The fourth-order valence-electron chi connectivity index (χ4n) is 4.64. The van der Waals surface area contributed by atoms with E-state index in [0.717, 1.165) is 6.07 Å². The number of rotatable bonds is 5. The standard InChI is InChI=1S/C23H29FN4O9/c1-2-26-9-12(22(34)35)17(30)11-7-13(24)15(8-14(11)26)27-3-5-28(6-4-27)23(36)25-21-20(33)19(32)18(31)16(10-29)37-21/h7-9,16,18-21,29,31-33H,2-6,10H2,1H3,(H,25,36)(H,34,35)/t16-,18-,19+,20-,21-/m1/s1. The van der Waals surface area contributed by atoms with Gasteiger partial charge >= 0.3 is 12.0 Å². The van der Waals surface area contributed by atoms with Crippen molar-refractivity contribution in [3.05, 3.63) is 39.9 Å². The lowest BCUT2D eigenvalue weighted by Gasteiger charge is -2.41. The zero-order chi connectivity index (χ0) is 27.0. The molecule has 3 heterocycles. The molecule has 0 unspecified atom stereocenters. The maximum atomic E-state index is 15.1. The van der Waals surface area contributed by atoms with Gasteiger partial charge in [0.1, 0.15) is 35.8 Å². The Balaban J connectivity index is 1.48. The number of anilines is 1. The number of amides is 2. The van der Waals surface area contributed by atoms with E-state index >= 15 is 4.39 Å². The Morgan fingerprint density at radius 3 is 2.38 bits per heavy atom. The number of hydrogen-bond acceptors (Lipinski definition) is 9. The number of nitrogens with zero attached hydrogens (tertiary/aromatic N) is 3. The van der Waals surface area contributed by atoms with E-state index < -0.39 is 66.1 Å². The summed E-state index contributed by atoms with van der Waals surface area (Å²) in [6, 6.07) is 1.90. The average Bonchev–Trinajstić information content (AvgIpc) is 2.89. The first-order valence-electron chi connectivity index (χ1n) is 11.8. The number of benzene rings is 1. The highest BCUT2D eigenvalue weighted by molar-refractivity contribution is 5.93. The second-order valence-electron chi connectivity index (χ2n) is 8.96. The lowest BCUT2D eigenvalue weighted by Crippen LogP contribution is -2.65. The van der Waals surface area contributed by atoms with Gasteiger partial charge in [0.05, 0.1) is 17.8 Å². The normalized spacial score (nSPS) is 26.4. The van der Waals surface area contributed by atoms with Crippen molar-refractivity contribution in [2.24, 2.45) is 0 Å². The first kappa shape index (κ1) is 26.8. The molecule has 6 N–H and O–H groups in total. The molecule has 4 rings (SSSR count). The van der Waals surface area contributed by atoms with Crippen molar-refractivity contribution in [1.82, 2.24) is 14.8 Å². The highest BCUT2D eigenvalue weighted by Gasteiger charge is 2.44. The zero-order valence-electron chi connectivity index (χ0n) is 20.0. The molecule has 0 spiro atoms. The molecule has 14 heteroatoms. The van der Waals surface area contributed by atoms with Crippen LogP contribution < -0.4 is 15.6 Å². The summed E-state index contributed by atoms with van der Waals surface area (Å²) in [5.74, 6) is -2.09. The van der Waals surface area contributed by atoms with Crippen LogP contribution in [-0.4, -0.2) is 110 Å². The molecule has 2 aromatic rings. The number of aliphatic hydroxyl groups is 4. The minimum Gasteiger partial charge on any atom is -0.477 e. The van der Waals surface area contributed by atoms with Crippen molar-refractivity contribution >= 4 is 28.6 Å². The molecule has 202 valence electrons.